The number of rotatable bonds is 5. The fraction of sp³-hybridized carbons (Fsp3) is 0.583. The fourth-order valence-electron chi connectivity index (χ4n) is 1.26. The van der Waals surface area contributed by atoms with Gasteiger partial charge in [0.25, 0.3) is 0 Å². The maximum absolute atomic E-state index is 11.9. The van der Waals surface area contributed by atoms with Gasteiger partial charge in [-0.15, -0.1) is 11.3 Å². The van der Waals surface area contributed by atoms with Gasteiger partial charge < -0.3 is 15.3 Å². The van der Waals surface area contributed by atoms with Crippen LogP contribution in [0.15, 0.2) is 6.20 Å². The van der Waals surface area contributed by atoms with Crippen molar-refractivity contribution >= 4 is 23.3 Å². The average Bonchev–Trinajstić information content (AvgIpc) is 2.82. The Balaban J connectivity index is 2.58. The number of aliphatic carboxylic acids is 1. The minimum atomic E-state index is -1.25. The number of likely N-dealkylation sites (N-methyl/N-ethyl adjacent to an activating group) is 1. The molecule has 19 heavy (non-hydrogen) atoms. The van der Waals surface area contributed by atoms with E-state index in [1.807, 2.05) is 6.92 Å². The molecule has 1 aromatic rings. The van der Waals surface area contributed by atoms with Gasteiger partial charge in [-0.05, 0) is 20.3 Å². The second-order valence-corrected chi connectivity index (χ2v) is 5.86. The predicted octanol–water partition coefficient (Wildman–Crippen LogP) is 1.71. The molecular weight excluding hydrogens is 266 g/mol. The number of carboxylic acid groups (broad SMARTS) is 1. The zero-order chi connectivity index (χ0) is 14.6. The number of hydrogen-bond acceptors (Lipinski definition) is 4. The quantitative estimate of drug-likeness (QED) is 0.862. The molecule has 0 spiro atoms. The van der Waals surface area contributed by atoms with Crippen LogP contribution in [0.2, 0.25) is 0 Å². The standard InChI is InChI=1S/C12H19N3O3S/c1-5-8-6-13-9(19-8)7-14-11(18)15(4)12(2,3)10(16)17/h6H,5,7H2,1-4H3,(H,14,18)(H,16,17). The molecule has 0 fully saturated rings. The molecule has 0 aromatic carbocycles. The lowest BCUT2D eigenvalue weighted by molar-refractivity contribution is -0.146. The third kappa shape index (κ3) is 3.66. The van der Waals surface area contributed by atoms with Crippen molar-refractivity contribution in [2.75, 3.05) is 7.05 Å². The normalized spacial score (nSPS) is 11.2. The Bertz CT molecular complexity index is 471. The van der Waals surface area contributed by atoms with Crippen LogP contribution >= 0.6 is 11.3 Å². The van der Waals surface area contributed by atoms with E-state index in [9.17, 15) is 9.59 Å². The summed E-state index contributed by atoms with van der Waals surface area (Å²) in [5.41, 5.74) is -1.25. The molecule has 0 saturated heterocycles. The van der Waals surface area contributed by atoms with E-state index in [2.05, 4.69) is 10.3 Å². The van der Waals surface area contributed by atoms with Gasteiger partial charge in [-0.1, -0.05) is 6.92 Å². The average molecular weight is 285 g/mol. The van der Waals surface area contributed by atoms with Crippen LogP contribution in [0.25, 0.3) is 0 Å². The van der Waals surface area contributed by atoms with E-state index in [1.165, 1.54) is 37.1 Å². The maximum atomic E-state index is 11.9. The van der Waals surface area contributed by atoms with E-state index in [4.69, 9.17) is 5.11 Å². The van der Waals surface area contributed by atoms with Crippen LogP contribution in [0.1, 0.15) is 30.7 Å². The van der Waals surface area contributed by atoms with Gasteiger partial charge in [0.15, 0.2) is 0 Å². The topological polar surface area (TPSA) is 82.5 Å². The molecule has 0 radical (unpaired) electrons. The summed E-state index contributed by atoms with van der Waals surface area (Å²) < 4.78 is 0. The van der Waals surface area contributed by atoms with E-state index in [0.717, 1.165) is 16.3 Å². The van der Waals surface area contributed by atoms with Gasteiger partial charge in [-0.3, -0.25) is 0 Å². The first-order valence-electron chi connectivity index (χ1n) is 5.97. The number of aromatic nitrogens is 1. The summed E-state index contributed by atoms with van der Waals surface area (Å²) in [6, 6.07) is -0.430. The SMILES string of the molecule is CCc1cnc(CNC(=O)N(C)C(C)(C)C(=O)O)s1. The second-order valence-electron chi connectivity index (χ2n) is 4.66. The summed E-state index contributed by atoms with van der Waals surface area (Å²) in [5, 5.41) is 12.5. The molecule has 2 amide bonds. The van der Waals surface area contributed by atoms with Gasteiger partial charge in [0.05, 0.1) is 6.54 Å². The zero-order valence-electron chi connectivity index (χ0n) is 11.6. The number of hydrogen-bond donors (Lipinski definition) is 2. The maximum Gasteiger partial charge on any atom is 0.329 e. The Hall–Kier alpha value is -1.63. The van der Waals surface area contributed by atoms with Gasteiger partial charge in [0.2, 0.25) is 0 Å². The summed E-state index contributed by atoms with van der Waals surface area (Å²) in [6.07, 6.45) is 2.70. The van der Waals surface area contributed by atoms with Gasteiger partial charge >= 0.3 is 12.0 Å². The minimum Gasteiger partial charge on any atom is -0.480 e. The number of nitrogens with zero attached hydrogens (tertiary/aromatic N) is 2. The van der Waals surface area contributed by atoms with E-state index < -0.39 is 17.5 Å². The molecule has 1 rings (SSSR count). The predicted molar refractivity (Wildman–Crippen MR) is 73.2 cm³/mol. The Morgan fingerprint density at radius 1 is 1.53 bits per heavy atom. The highest BCUT2D eigenvalue weighted by Gasteiger charge is 2.35. The van der Waals surface area contributed by atoms with Crippen molar-refractivity contribution in [3.8, 4) is 0 Å². The van der Waals surface area contributed by atoms with Crippen LogP contribution in [0.5, 0.6) is 0 Å². The molecule has 0 aliphatic heterocycles. The largest absolute Gasteiger partial charge is 0.480 e. The second kappa shape index (κ2) is 6.01. The van der Waals surface area contributed by atoms with Gasteiger partial charge in [-0.2, -0.15) is 0 Å². The number of thiazole rings is 1. The van der Waals surface area contributed by atoms with Crippen molar-refractivity contribution in [2.45, 2.75) is 39.3 Å². The number of nitrogens with one attached hydrogen (secondary N) is 1. The van der Waals surface area contributed by atoms with Crippen LogP contribution in [-0.2, 0) is 17.8 Å². The molecule has 2 N–H and O–H groups in total. The highest BCUT2D eigenvalue weighted by atomic mass is 32.1. The molecule has 0 aliphatic carbocycles. The monoisotopic (exact) mass is 285 g/mol. The third-order valence-corrected chi connectivity index (χ3v) is 4.15. The first kappa shape index (κ1) is 15.4. The van der Waals surface area contributed by atoms with Crippen molar-refractivity contribution in [3.05, 3.63) is 16.1 Å². The van der Waals surface area contributed by atoms with Gasteiger partial charge in [0, 0.05) is 18.1 Å². The Morgan fingerprint density at radius 3 is 2.63 bits per heavy atom. The molecule has 1 heterocycles. The number of carbonyl (C=O) groups excluding carboxylic acids is 1. The number of aryl methyl sites for hydroxylation is 1. The molecule has 7 heteroatoms. The van der Waals surface area contributed by atoms with Crippen molar-refractivity contribution in [1.29, 1.82) is 0 Å². The van der Waals surface area contributed by atoms with Crippen molar-refractivity contribution in [2.24, 2.45) is 0 Å². The smallest absolute Gasteiger partial charge is 0.329 e. The van der Waals surface area contributed by atoms with Crippen molar-refractivity contribution < 1.29 is 14.7 Å². The molecule has 0 atom stereocenters. The molecule has 6 nitrogen and oxygen atoms in total. The molecule has 0 bridgehead atoms. The summed E-state index contributed by atoms with van der Waals surface area (Å²) in [6.45, 7) is 5.31. The van der Waals surface area contributed by atoms with Crippen LogP contribution in [0.3, 0.4) is 0 Å². The van der Waals surface area contributed by atoms with Crippen LogP contribution in [-0.4, -0.2) is 39.6 Å². The van der Waals surface area contributed by atoms with Gasteiger partial charge in [0.1, 0.15) is 10.5 Å². The van der Waals surface area contributed by atoms with E-state index in [1.54, 1.807) is 6.20 Å². The number of amides is 2. The van der Waals surface area contributed by atoms with Crippen molar-refractivity contribution in [3.63, 3.8) is 0 Å². The Labute approximate surface area is 116 Å². The lowest BCUT2D eigenvalue weighted by Gasteiger charge is -2.31. The summed E-state index contributed by atoms with van der Waals surface area (Å²) in [5.74, 6) is -1.05. The molecule has 0 saturated carbocycles. The van der Waals surface area contributed by atoms with Crippen molar-refractivity contribution in [1.82, 2.24) is 15.2 Å². The number of carbonyl (C=O) groups is 2. The highest BCUT2D eigenvalue weighted by Crippen LogP contribution is 2.15. The lowest BCUT2D eigenvalue weighted by Crippen LogP contribution is -2.53. The minimum absolute atomic E-state index is 0.309. The van der Waals surface area contributed by atoms with Gasteiger partial charge in [-0.25, -0.2) is 14.6 Å². The summed E-state index contributed by atoms with van der Waals surface area (Å²) in [7, 11) is 1.46. The zero-order valence-corrected chi connectivity index (χ0v) is 12.4. The summed E-state index contributed by atoms with van der Waals surface area (Å²) in [4.78, 5) is 29.4. The van der Waals surface area contributed by atoms with Crippen LogP contribution in [0, 0.1) is 0 Å². The molecule has 0 aliphatic rings. The molecule has 1 aromatic heterocycles. The van der Waals surface area contributed by atoms with Crippen LogP contribution in [0.4, 0.5) is 4.79 Å². The fourth-order valence-corrected chi connectivity index (χ4v) is 2.06. The first-order chi connectivity index (χ1) is 8.78. The lowest BCUT2D eigenvalue weighted by atomic mass is 10.1. The molecule has 0 unspecified atom stereocenters. The Kier molecular flexibility index (Phi) is 4.88. The van der Waals surface area contributed by atoms with E-state index >= 15 is 0 Å². The summed E-state index contributed by atoms with van der Waals surface area (Å²) >= 11 is 1.54. The van der Waals surface area contributed by atoms with Crippen LogP contribution < -0.4 is 5.32 Å². The Morgan fingerprint density at radius 2 is 2.16 bits per heavy atom. The number of carboxylic acids is 1. The molecular formula is C12H19N3O3S. The van der Waals surface area contributed by atoms with E-state index in [0.29, 0.717) is 6.54 Å². The number of urea groups is 1. The highest BCUT2D eigenvalue weighted by molar-refractivity contribution is 7.11. The van der Waals surface area contributed by atoms with E-state index in [-0.39, 0.29) is 0 Å². The first-order valence-corrected chi connectivity index (χ1v) is 6.79. The molecule has 106 valence electrons. The third-order valence-electron chi connectivity index (χ3n) is 3.01.